The first-order valence-corrected chi connectivity index (χ1v) is 12.3. The number of hydrogen-bond donors (Lipinski definition) is 2. The molecule has 1 unspecified atom stereocenters. The van der Waals surface area contributed by atoms with E-state index in [1.54, 1.807) is 31.3 Å². The average molecular weight is 415 g/mol. The smallest absolute Gasteiger partial charge is 0.243 e. The molecule has 0 amide bonds. The van der Waals surface area contributed by atoms with Crippen LogP contribution in [0, 0.1) is 0 Å². The van der Waals surface area contributed by atoms with E-state index in [9.17, 15) is 16.8 Å². The fourth-order valence-corrected chi connectivity index (χ4v) is 6.53. The van der Waals surface area contributed by atoms with Gasteiger partial charge >= 0.3 is 0 Å². The predicted molar refractivity (Wildman–Crippen MR) is 105 cm³/mol. The topological polar surface area (TPSA) is 108 Å². The van der Waals surface area contributed by atoms with Crippen LogP contribution in [0.25, 0.3) is 0 Å². The molecule has 8 nitrogen and oxygen atoms in total. The lowest BCUT2D eigenvalue weighted by atomic mass is 10.2. The Balaban J connectivity index is 1.56. The number of sulfonamides is 1. The third-order valence-corrected chi connectivity index (χ3v) is 8.56. The lowest BCUT2D eigenvalue weighted by molar-refractivity contribution is 0.477. The summed E-state index contributed by atoms with van der Waals surface area (Å²) in [7, 11) is -4.72. The normalized spacial score (nSPS) is 23.4. The van der Waals surface area contributed by atoms with Crippen LogP contribution in [-0.4, -0.2) is 64.8 Å². The molecule has 1 atom stereocenters. The Morgan fingerprint density at radius 1 is 1.22 bits per heavy atom. The van der Waals surface area contributed by atoms with Crippen LogP contribution in [0.15, 0.2) is 34.2 Å². The van der Waals surface area contributed by atoms with E-state index in [2.05, 4.69) is 15.6 Å². The molecular weight excluding hydrogens is 388 g/mol. The Kier molecular flexibility index (Phi) is 6.07. The number of rotatable bonds is 5. The zero-order valence-electron chi connectivity index (χ0n) is 15.4. The van der Waals surface area contributed by atoms with Crippen molar-refractivity contribution in [2.24, 2.45) is 4.99 Å². The van der Waals surface area contributed by atoms with Crippen LogP contribution in [0.2, 0.25) is 0 Å². The van der Waals surface area contributed by atoms with Gasteiger partial charge in [-0.05, 0) is 37.0 Å². The fourth-order valence-electron chi connectivity index (χ4n) is 3.34. The Bertz CT molecular complexity index is 889. The van der Waals surface area contributed by atoms with Gasteiger partial charge in [-0.25, -0.2) is 16.8 Å². The summed E-state index contributed by atoms with van der Waals surface area (Å²) in [6, 6.07) is 6.69. The quantitative estimate of drug-likeness (QED) is 0.531. The SMILES string of the molecule is CN=C(NCc1ccc(S(=O)(=O)N2CCCC2)cc1)NC1CCS(=O)(=O)C1. The molecule has 0 saturated carbocycles. The number of hydrogen-bond acceptors (Lipinski definition) is 5. The van der Waals surface area contributed by atoms with Crippen molar-refractivity contribution in [2.45, 2.75) is 36.7 Å². The Labute approximate surface area is 161 Å². The van der Waals surface area contributed by atoms with Gasteiger partial charge in [0.25, 0.3) is 0 Å². The summed E-state index contributed by atoms with van der Waals surface area (Å²) in [5.41, 5.74) is 0.914. The fraction of sp³-hybridized carbons (Fsp3) is 0.588. The molecule has 0 aromatic heterocycles. The number of sulfone groups is 1. The largest absolute Gasteiger partial charge is 0.353 e. The number of guanidine groups is 1. The molecule has 27 heavy (non-hydrogen) atoms. The third kappa shape index (κ3) is 4.99. The minimum absolute atomic E-state index is 0.122. The van der Waals surface area contributed by atoms with E-state index < -0.39 is 19.9 Å². The van der Waals surface area contributed by atoms with Crippen molar-refractivity contribution in [1.29, 1.82) is 0 Å². The number of nitrogens with zero attached hydrogens (tertiary/aromatic N) is 2. The van der Waals surface area contributed by atoms with Crippen LogP contribution in [0.5, 0.6) is 0 Å². The van der Waals surface area contributed by atoms with Gasteiger partial charge in [-0.1, -0.05) is 12.1 Å². The molecule has 2 heterocycles. The molecule has 2 N–H and O–H groups in total. The first-order valence-electron chi connectivity index (χ1n) is 9.07. The van der Waals surface area contributed by atoms with Crippen LogP contribution in [0.3, 0.4) is 0 Å². The van der Waals surface area contributed by atoms with Crippen LogP contribution in [0.4, 0.5) is 0 Å². The van der Waals surface area contributed by atoms with E-state index >= 15 is 0 Å². The van der Waals surface area contributed by atoms with Crippen molar-refractivity contribution >= 4 is 25.8 Å². The van der Waals surface area contributed by atoms with Gasteiger partial charge in [0.2, 0.25) is 10.0 Å². The first kappa shape index (κ1) is 20.1. The molecule has 2 aliphatic rings. The van der Waals surface area contributed by atoms with E-state index in [-0.39, 0.29) is 17.5 Å². The molecular formula is C17H26N4O4S2. The van der Waals surface area contributed by atoms with Gasteiger partial charge in [-0.3, -0.25) is 4.99 Å². The van der Waals surface area contributed by atoms with Gasteiger partial charge in [0.15, 0.2) is 15.8 Å². The molecule has 2 aliphatic heterocycles. The summed E-state index contributed by atoms with van der Waals surface area (Å²) < 4.78 is 49.7. The van der Waals surface area contributed by atoms with E-state index in [1.807, 2.05) is 0 Å². The molecule has 0 aliphatic carbocycles. The van der Waals surface area contributed by atoms with Crippen LogP contribution < -0.4 is 10.6 Å². The summed E-state index contributed by atoms with van der Waals surface area (Å²) in [4.78, 5) is 4.43. The molecule has 10 heteroatoms. The predicted octanol–water partition coefficient (Wildman–Crippen LogP) is 0.323. The lowest BCUT2D eigenvalue weighted by Gasteiger charge is -2.17. The highest BCUT2D eigenvalue weighted by atomic mass is 32.2. The molecule has 150 valence electrons. The molecule has 2 fully saturated rings. The maximum absolute atomic E-state index is 12.5. The number of benzene rings is 1. The number of nitrogens with one attached hydrogen (secondary N) is 2. The lowest BCUT2D eigenvalue weighted by Crippen LogP contribution is -2.43. The van der Waals surface area contributed by atoms with Crippen molar-refractivity contribution in [2.75, 3.05) is 31.6 Å². The second kappa shape index (κ2) is 8.15. The van der Waals surface area contributed by atoms with Crippen molar-refractivity contribution in [3.8, 4) is 0 Å². The minimum atomic E-state index is -3.40. The average Bonchev–Trinajstić information content (AvgIpc) is 3.29. The van der Waals surface area contributed by atoms with Gasteiger partial charge in [-0.15, -0.1) is 0 Å². The third-order valence-electron chi connectivity index (χ3n) is 4.88. The summed E-state index contributed by atoms with van der Waals surface area (Å²) >= 11 is 0. The summed E-state index contributed by atoms with van der Waals surface area (Å²) in [5, 5.41) is 6.26. The monoisotopic (exact) mass is 414 g/mol. The maximum Gasteiger partial charge on any atom is 0.243 e. The van der Waals surface area contributed by atoms with E-state index in [4.69, 9.17) is 0 Å². The van der Waals surface area contributed by atoms with Crippen LogP contribution in [0.1, 0.15) is 24.8 Å². The van der Waals surface area contributed by atoms with Gasteiger partial charge < -0.3 is 10.6 Å². The summed E-state index contributed by atoms with van der Waals surface area (Å²) in [6.45, 7) is 1.64. The minimum Gasteiger partial charge on any atom is -0.353 e. The Morgan fingerprint density at radius 2 is 1.89 bits per heavy atom. The highest BCUT2D eigenvalue weighted by molar-refractivity contribution is 7.91. The van der Waals surface area contributed by atoms with Crippen molar-refractivity contribution < 1.29 is 16.8 Å². The maximum atomic E-state index is 12.5. The molecule has 0 bridgehead atoms. The molecule has 3 rings (SSSR count). The highest BCUT2D eigenvalue weighted by Crippen LogP contribution is 2.21. The Morgan fingerprint density at radius 3 is 2.44 bits per heavy atom. The zero-order chi connectivity index (χ0) is 19.5. The number of aliphatic imine (C=N–C) groups is 1. The van der Waals surface area contributed by atoms with E-state index in [0.29, 0.717) is 36.9 Å². The highest BCUT2D eigenvalue weighted by Gasteiger charge is 2.28. The Hall–Kier alpha value is -1.65. The van der Waals surface area contributed by atoms with Crippen LogP contribution >= 0.6 is 0 Å². The zero-order valence-corrected chi connectivity index (χ0v) is 17.0. The second-order valence-corrected chi connectivity index (χ2v) is 11.1. The molecule has 1 aromatic rings. The summed E-state index contributed by atoms with van der Waals surface area (Å²) in [6.07, 6.45) is 2.40. The van der Waals surface area contributed by atoms with Gasteiger partial charge in [0, 0.05) is 32.7 Å². The van der Waals surface area contributed by atoms with Gasteiger partial charge in [0.1, 0.15) is 0 Å². The van der Waals surface area contributed by atoms with Gasteiger partial charge in [-0.2, -0.15) is 4.31 Å². The standard InChI is InChI=1S/C17H26N4O4S2/c1-18-17(20-15-8-11-26(22,23)13-15)19-12-14-4-6-16(7-5-14)27(24,25)21-9-2-3-10-21/h4-7,15H,2-3,8-13H2,1H3,(H2,18,19,20). The van der Waals surface area contributed by atoms with Crippen molar-refractivity contribution in [1.82, 2.24) is 14.9 Å². The first-order chi connectivity index (χ1) is 12.8. The second-order valence-electron chi connectivity index (χ2n) is 6.93. The summed E-state index contributed by atoms with van der Waals surface area (Å²) in [5.74, 6) is 0.858. The van der Waals surface area contributed by atoms with Crippen molar-refractivity contribution in [3.63, 3.8) is 0 Å². The van der Waals surface area contributed by atoms with Gasteiger partial charge in [0.05, 0.1) is 16.4 Å². The molecule has 0 spiro atoms. The molecule has 0 radical (unpaired) electrons. The molecule has 1 aromatic carbocycles. The van der Waals surface area contributed by atoms with Crippen LogP contribution in [-0.2, 0) is 26.4 Å². The van der Waals surface area contributed by atoms with E-state index in [0.717, 1.165) is 18.4 Å². The van der Waals surface area contributed by atoms with E-state index in [1.165, 1.54) is 4.31 Å². The van der Waals surface area contributed by atoms with Crippen molar-refractivity contribution in [3.05, 3.63) is 29.8 Å². The molecule has 2 saturated heterocycles.